The number of pyridine rings is 2. The standard InChI is InChI=1S/C23H21FN2O4.C22H20FN3O3/c1-28-23(27)22-15-18(26-10-12-29-13-11-26)14-21(25-22)16-2-6-19(7-3-16)30-20-8-4-17(24)5-9-20;23-16-3-7-19(8-4-16)29-18-5-1-15(2-6-18)20-13-17(14-21(25-20)22(24)27)26-9-11-28-12-10-26/h2-9,14-15H,10-13H2,1H3;1-8,13-14H,9-12H2,(H2,24,27). The van der Waals surface area contributed by atoms with E-state index in [-0.39, 0.29) is 23.0 Å². The van der Waals surface area contributed by atoms with Gasteiger partial charge in [0, 0.05) is 48.7 Å². The highest BCUT2D eigenvalue weighted by Crippen LogP contribution is 2.30. The van der Waals surface area contributed by atoms with Gasteiger partial charge in [0.2, 0.25) is 0 Å². The number of ether oxygens (including phenoxy) is 5. The number of morpholine rings is 2. The zero-order valence-electron chi connectivity index (χ0n) is 32.2. The number of rotatable bonds is 10. The lowest BCUT2D eigenvalue weighted by molar-refractivity contribution is 0.0594. The van der Waals surface area contributed by atoms with Crippen molar-refractivity contribution in [1.82, 2.24) is 9.97 Å². The summed E-state index contributed by atoms with van der Waals surface area (Å²) in [4.78, 5) is 37.1. The van der Waals surface area contributed by atoms with Crippen LogP contribution in [0.4, 0.5) is 20.2 Å². The van der Waals surface area contributed by atoms with Crippen LogP contribution in [0.2, 0.25) is 0 Å². The van der Waals surface area contributed by atoms with E-state index in [4.69, 9.17) is 29.4 Å². The smallest absolute Gasteiger partial charge is 0.356 e. The van der Waals surface area contributed by atoms with Gasteiger partial charge in [-0.15, -0.1) is 0 Å². The first-order valence-electron chi connectivity index (χ1n) is 18.9. The molecule has 14 heteroatoms. The van der Waals surface area contributed by atoms with Crippen molar-refractivity contribution < 1.29 is 42.1 Å². The Morgan fingerprint density at radius 1 is 0.559 bits per heavy atom. The first-order valence-corrected chi connectivity index (χ1v) is 18.9. The molecule has 2 aliphatic rings. The molecule has 0 saturated carbocycles. The number of esters is 1. The lowest BCUT2D eigenvalue weighted by Crippen LogP contribution is -2.36. The van der Waals surface area contributed by atoms with E-state index in [0.29, 0.717) is 60.8 Å². The maximum absolute atomic E-state index is 13.0. The van der Waals surface area contributed by atoms with Crippen LogP contribution in [0.3, 0.4) is 0 Å². The van der Waals surface area contributed by atoms with Gasteiger partial charge in [-0.2, -0.15) is 0 Å². The van der Waals surface area contributed by atoms with Crippen LogP contribution in [-0.2, 0) is 14.2 Å². The summed E-state index contributed by atoms with van der Waals surface area (Å²) < 4.78 is 53.2. The SMILES string of the molecule is COC(=O)c1cc(N2CCOCC2)cc(-c2ccc(Oc3ccc(F)cc3)cc2)n1.NC(=O)c1cc(N2CCOCC2)cc(-c2ccc(Oc3ccc(F)cc3)cc2)n1. The second-order valence-electron chi connectivity index (χ2n) is 13.4. The molecule has 2 fully saturated rings. The van der Waals surface area contributed by atoms with E-state index in [0.717, 1.165) is 48.7 Å². The number of halogens is 2. The van der Waals surface area contributed by atoms with Crippen LogP contribution in [0.1, 0.15) is 21.0 Å². The van der Waals surface area contributed by atoms with Crippen LogP contribution < -0.4 is 25.0 Å². The number of nitrogens with zero attached hydrogens (tertiary/aromatic N) is 4. The average molecular weight is 802 g/mol. The highest BCUT2D eigenvalue weighted by molar-refractivity contribution is 5.93. The molecule has 2 aromatic heterocycles. The van der Waals surface area contributed by atoms with Crippen LogP contribution in [-0.4, -0.2) is 81.6 Å². The van der Waals surface area contributed by atoms with Gasteiger partial charge in [0.1, 0.15) is 40.3 Å². The third kappa shape index (κ3) is 10.7. The minimum atomic E-state index is -0.572. The number of hydrogen-bond donors (Lipinski definition) is 1. The van der Waals surface area contributed by atoms with Crippen molar-refractivity contribution >= 4 is 23.3 Å². The first-order chi connectivity index (χ1) is 28.7. The number of amides is 1. The number of anilines is 2. The highest BCUT2D eigenvalue weighted by Gasteiger charge is 2.19. The zero-order valence-corrected chi connectivity index (χ0v) is 32.2. The summed E-state index contributed by atoms with van der Waals surface area (Å²) in [5.74, 6) is 0.629. The van der Waals surface area contributed by atoms with Gasteiger partial charge in [-0.3, -0.25) is 4.79 Å². The summed E-state index contributed by atoms with van der Waals surface area (Å²) in [6.45, 7) is 5.53. The van der Waals surface area contributed by atoms with Gasteiger partial charge in [-0.05, 0) is 121 Å². The maximum Gasteiger partial charge on any atom is 0.356 e. The monoisotopic (exact) mass is 801 g/mol. The molecule has 59 heavy (non-hydrogen) atoms. The van der Waals surface area contributed by atoms with Crippen molar-refractivity contribution in [2.45, 2.75) is 0 Å². The van der Waals surface area contributed by atoms with Gasteiger partial charge in [-0.1, -0.05) is 0 Å². The minimum Gasteiger partial charge on any atom is -0.464 e. The average Bonchev–Trinajstić information content (AvgIpc) is 3.28. The summed E-state index contributed by atoms with van der Waals surface area (Å²) in [6, 6.07) is 33.6. The highest BCUT2D eigenvalue weighted by atomic mass is 19.1. The second kappa shape index (κ2) is 19.0. The molecule has 0 unspecified atom stereocenters. The van der Waals surface area contributed by atoms with E-state index in [1.165, 1.54) is 31.4 Å². The van der Waals surface area contributed by atoms with E-state index >= 15 is 0 Å². The Bertz CT molecular complexity index is 2350. The molecule has 4 heterocycles. The quantitative estimate of drug-likeness (QED) is 0.135. The van der Waals surface area contributed by atoms with Gasteiger partial charge >= 0.3 is 5.97 Å². The van der Waals surface area contributed by atoms with Crippen LogP contribution in [0.15, 0.2) is 121 Å². The molecule has 12 nitrogen and oxygen atoms in total. The molecule has 2 saturated heterocycles. The van der Waals surface area contributed by atoms with Crippen molar-refractivity contribution in [3.63, 3.8) is 0 Å². The second-order valence-corrected chi connectivity index (χ2v) is 13.4. The Morgan fingerprint density at radius 3 is 1.29 bits per heavy atom. The summed E-state index contributed by atoms with van der Waals surface area (Å²) in [7, 11) is 1.34. The van der Waals surface area contributed by atoms with Crippen LogP contribution in [0.5, 0.6) is 23.0 Å². The lowest BCUT2D eigenvalue weighted by atomic mass is 10.1. The van der Waals surface area contributed by atoms with Gasteiger partial charge in [0.05, 0.1) is 44.9 Å². The summed E-state index contributed by atoms with van der Waals surface area (Å²) in [6.07, 6.45) is 0. The predicted octanol–water partition coefficient (Wildman–Crippen LogP) is 7.92. The number of aromatic nitrogens is 2. The van der Waals surface area contributed by atoms with Crippen molar-refractivity contribution in [1.29, 1.82) is 0 Å². The summed E-state index contributed by atoms with van der Waals surface area (Å²) >= 11 is 0. The molecule has 6 aromatic rings. The van der Waals surface area contributed by atoms with Crippen LogP contribution in [0.25, 0.3) is 22.5 Å². The fourth-order valence-electron chi connectivity index (χ4n) is 6.34. The molecular weight excluding hydrogens is 761 g/mol. The van der Waals surface area contributed by atoms with E-state index < -0.39 is 11.9 Å². The first kappa shape index (κ1) is 40.3. The normalized spacial score (nSPS) is 13.8. The predicted molar refractivity (Wildman–Crippen MR) is 218 cm³/mol. The fourth-order valence-corrected chi connectivity index (χ4v) is 6.34. The number of primary amides is 1. The number of hydrogen-bond acceptors (Lipinski definition) is 11. The molecule has 8 rings (SSSR count). The molecule has 2 N–H and O–H groups in total. The molecule has 1 amide bonds. The molecule has 2 aliphatic heterocycles. The number of carbonyl (C=O) groups excluding carboxylic acids is 2. The zero-order chi connectivity index (χ0) is 41.1. The molecule has 0 aliphatic carbocycles. The lowest BCUT2D eigenvalue weighted by Gasteiger charge is -2.29. The fraction of sp³-hybridized carbons (Fsp3) is 0.200. The molecule has 0 spiro atoms. The maximum atomic E-state index is 13.0. The minimum absolute atomic E-state index is 0.218. The summed E-state index contributed by atoms with van der Waals surface area (Å²) in [5, 5.41) is 0. The van der Waals surface area contributed by atoms with E-state index in [9.17, 15) is 18.4 Å². The number of nitrogens with two attached hydrogens (primary N) is 1. The van der Waals surface area contributed by atoms with Crippen molar-refractivity contribution in [2.24, 2.45) is 5.73 Å². The number of carbonyl (C=O) groups is 2. The largest absolute Gasteiger partial charge is 0.464 e. The van der Waals surface area contributed by atoms with E-state index in [1.54, 1.807) is 60.7 Å². The van der Waals surface area contributed by atoms with Gasteiger partial charge in [-0.25, -0.2) is 23.5 Å². The Balaban J connectivity index is 0.000000179. The molecule has 0 radical (unpaired) electrons. The van der Waals surface area contributed by atoms with Gasteiger partial charge in [0.15, 0.2) is 5.69 Å². The topological polar surface area (TPSA) is 139 Å². The summed E-state index contributed by atoms with van der Waals surface area (Å²) in [5.41, 5.74) is 10.7. The Kier molecular flexibility index (Phi) is 13.0. The Hall–Kier alpha value is -6.90. The number of methoxy groups -OCH3 is 1. The van der Waals surface area contributed by atoms with Crippen molar-refractivity contribution in [3.8, 4) is 45.5 Å². The molecule has 0 bridgehead atoms. The van der Waals surface area contributed by atoms with E-state index in [1.807, 2.05) is 36.4 Å². The van der Waals surface area contributed by atoms with Crippen LogP contribution in [0, 0.1) is 11.6 Å². The Morgan fingerprint density at radius 2 is 0.915 bits per heavy atom. The molecule has 0 atom stereocenters. The van der Waals surface area contributed by atoms with Crippen LogP contribution >= 0.6 is 0 Å². The molecular formula is C45H41F2N5O7. The third-order valence-corrected chi connectivity index (χ3v) is 9.42. The molecule has 302 valence electrons. The van der Waals surface area contributed by atoms with Crippen molar-refractivity contribution in [2.75, 3.05) is 69.5 Å². The van der Waals surface area contributed by atoms with Gasteiger partial charge in [0.25, 0.3) is 5.91 Å². The number of benzene rings is 4. The van der Waals surface area contributed by atoms with Crippen molar-refractivity contribution in [3.05, 3.63) is 144 Å². The third-order valence-electron chi connectivity index (χ3n) is 9.42. The van der Waals surface area contributed by atoms with E-state index in [2.05, 4.69) is 19.8 Å². The van der Waals surface area contributed by atoms with Gasteiger partial charge < -0.3 is 39.2 Å². The molecule has 4 aromatic carbocycles. The Labute approximate surface area is 339 Å².